The zero-order chi connectivity index (χ0) is 24.1. The highest BCUT2D eigenvalue weighted by Gasteiger charge is 2.23. The maximum atomic E-state index is 13.3. The lowest BCUT2D eigenvalue weighted by molar-refractivity contribution is -0.116. The minimum atomic E-state index is -1.83. The molecule has 4 rings (SSSR count). The average molecular weight is 417 g/mol. The molecule has 0 aliphatic heterocycles. The number of nitrogens with one attached hydrogen (secondary N) is 1. The normalized spacial score (nSPS) is 12.2. The van der Waals surface area contributed by atoms with Crippen LogP contribution in [0.1, 0.15) is 11.4 Å². The molecule has 4 heterocycles. The molecule has 0 fully saturated rings. The van der Waals surface area contributed by atoms with Crippen LogP contribution in [-0.2, 0) is 21.6 Å². The highest BCUT2D eigenvalue weighted by Crippen LogP contribution is 2.20. The van der Waals surface area contributed by atoms with E-state index in [1.807, 2.05) is 0 Å². The molecule has 15 heteroatoms. The largest absolute Gasteiger partial charge is 0.309 e. The number of carbonyl (C=O) groups is 1. The van der Waals surface area contributed by atoms with Crippen molar-refractivity contribution in [1.82, 2.24) is 24.1 Å². The van der Waals surface area contributed by atoms with Crippen molar-refractivity contribution in [2.45, 2.75) is 16.8 Å². The van der Waals surface area contributed by atoms with E-state index in [0.29, 0.717) is 5.46 Å². The van der Waals surface area contributed by atoms with Crippen molar-refractivity contribution >= 4 is 88.8 Å². The fourth-order valence-electron chi connectivity index (χ4n) is 3.16. The Morgan fingerprint density at radius 3 is 2.30 bits per heavy atom. The van der Waals surface area contributed by atoms with Gasteiger partial charge in [0.2, 0.25) is 5.91 Å². The van der Waals surface area contributed by atoms with Gasteiger partial charge in [0.25, 0.3) is 5.56 Å². The summed E-state index contributed by atoms with van der Waals surface area (Å²) >= 11 is 0. The van der Waals surface area contributed by atoms with E-state index in [1.165, 1.54) is 39.5 Å². The van der Waals surface area contributed by atoms with Gasteiger partial charge in [0.05, 0.1) is 52.5 Å². The quantitative estimate of drug-likeness (QED) is 0.352. The molecule has 0 aliphatic rings. The number of pyridine rings is 2. The van der Waals surface area contributed by atoms with Crippen LogP contribution in [0.15, 0.2) is 41.3 Å². The molecule has 0 saturated carbocycles. The molecule has 0 saturated heterocycles. The molecule has 1 N–H and O–H groups in total. The van der Waals surface area contributed by atoms with Gasteiger partial charge in [0, 0.05) is 23.7 Å². The predicted molar refractivity (Wildman–Crippen MR) is 131 cm³/mol. The van der Waals surface area contributed by atoms with Crippen molar-refractivity contribution in [3.05, 3.63) is 58.3 Å². The Hall–Kier alpha value is -3.10. The highest BCUT2D eigenvalue weighted by atomic mass is 16.2. The summed E-state index contributed by atoms with van der Waals surface area (Å²) in [5.74, 6) is -0.276. The van der Waals surface area contributed by atoms with Gasteiger partial charge in [-0.15, -0.1) is 0 Å². The molecular weight excluding hydrogens is 408 g/mol. The number of hydrogen-bond donors (Lipinski definition) is 1. The van der Waals surface area contributed by atoms with Crippen LogP contribution in [0.2, 0.25) is 0 Å². The summed E-state index contributed by atoms with van der Waals surface area (Å²) in [6, 6.07) is 7.31. The molecular formula is C18H9B7N6O2. The summed E-state index contributed by atoms with van der Waals surface area (Å²) in [5.41, 5.74) is 0.245. The number of fused-ring (bicyclic) bond motifs is 3. The van der Waals surface area contributed by atoms with Crippen LogP contribution in [0.5, 0.6) is 0 Å². The zero-order valence-electron chi connectivity index (χ0n) is 17.3. The second kappa shape index (κ2) is 8.04. The smallest absolute Gasteiger partial charge is 0.263 e. The maximum Gasteiger partial charge on any atom is 0.263 e. The van der Waals surface area contributed by atoms with Crippen molar-refractivity contribution in [2.75, 3.05) is 5.32 Å². The third-order valence-electron chi connectivity index (χ3n) is 4.76. The number of carbonyl (C=O) groups excluding carboxylic acids is 1. The molecule has 0 bridgehead atoms. The van der Waals surface area contributed by atoms with Gasteiger partial charge in [0.1, 0.15) is 25.9 Å². The molecule has 33 heavy (non-hydrogen) atoms. The van der Waals surface area contributed by atoms with E-state index in [9.17, 15) is 9.59 Å². The van der Waals surface area contributed by atoms with E-state index in [2.05, 4.69) is 20.4 Å². The molecule has 0 spiro atoms. The second-order valence-electron chi connectivity index (χ2n) is 7.65. The van der Waals surface area contributed by atoms with Crippen LogP contribution >= 0.6 is 0 Å². The van der Waals surface area contributed by atoms with Crippen LogP contribution in [0.25, 0.3) is 16.7 Å². The van der Waals surface area contributed by atoms with E-state index >= 15 is 0 Å². The van der Waals surface area contributed by atoms with Gasteiger partial charge in [-0.3, -0.25) is 14.2 Å². The fraction of sp³-hybridized carbons (Fsp3) is 0.167. The molecule has 1 amide bonds. The Morgan fingerprint density at radius 2 is 1.70 bits per heavy atom. The van der Waals surface area contributed by atoms with Crippen LogP contribution in [-0.4, -0.2) is 85.0 Å². The van der Waals surface area contributed by atoms with Gasteiger partial charge in [-0.05, 0) is 18.2 Å². The number of aromatic nitrogens is 5. The van der Waals surface area contributed by atoms with E-state index in [1.54, 1.807) is 6.07 Å². The summed E-state index contributed by atoms with van der Waals surface area (Å²) in [5, 5.41) is 3.38. The third-order valence-corrected chi connectivity index (χ3v) is 4.76. The van der Waals surface area contributed by atoms with Crippen LogP contribution < -0.4 is 16.3 Å². The Labute approximate surface area is 198 Å². The number of nitrogens with zero attached hydrogens (tertiary/aromatic N) is 5. The number of amides is 1. The van der Waals surface area contributed by atoms with Crippen molar-refractivity contribution in [1.29, 1.82) is 0 Å². The SMILES string of the molecule is [B]c1ccc(NC(=O)Cn2c(=O)c3ccc(C([B])([B])[B])nc3n3nc(C([B])([B])[B])cc23)nc1. The predicted octanol–water partition coefficient (Wildman–Crippen LogP) is -2.90. The molecule has 0 aliphatic carbocycles. The van der Waals surface area contributed by atoms with Gasteiger partial charge >= 0.3 is 0 Å². The fourth-order valence-corrected chi connectivity index (χ4v) is 3.16. The Balaban J connectivity index is 1.88. The van der Waals surface area contributed by atoms with Gasteiger partial charge in [-0.25, -0.2) is 9.97 Å². The second-order valence-corrected chi connectivity index (χ2v) is 7.65. The van der Waals surface area contributed by atoms with Crippen LogP contribution in [0.3, 0.4) is 0 Å². The van der Waals surface area contributed by atoms with Gasteiger partial charge < -0.3 is 5.32 Å². The molecule has 14 radical (unpaired) electrons. The minimum absolute atomic E-state index is 0.0375. The Bertz CT molecular complexity index is 1440. The molecule has 144 valence electrons. The molecule has 0 unspecified atom stereocenters. The summed E-state index contributed by atoms with van der Waals surface area (Å²) in [6.07, 6.45) is 1.39. The Kier molecular flexibility index (Phi) is 5.62. The highest BCUT2D eigenvalue weighted by molar-refractivity contribution is 6.59. The molecule has 8 nitrogen and oxygen atoms in total. The molecule has 0 aromatic carbocycles. The topological polar surface area (TPSA) is 94.2 Å². The van der Waals surface area contributed by atoms with E-state index in [4.69, 9.17) is 54.9 Å². The van der Waals surface area contributed by atoms with Crippen molar-refractivity contribution in [3.63, 3.8) is 0 Å². The molecule has 0 atom stereocenters. The lowest BCUT2D eigenvalue weighted by Gasteiger charge is -2.19. The third kappa shape index (κ3) is 4.54. The van der Waals surface area contributed by atoms with Crippen molar-refractivity contribution in [2.24, 2.45) is 0 Å². The minimum Gasteiger partial charge on any atom is -0.309 e. The zero-order valence-corrected chi connectivity index (χ0v) is 17.3. The first-order chi connectivity index (χ1) is 15.3. The standard InChI is InChI=1S/C18H9B7N6O2/c19-8-1-4-12(26-6-8)28-13(32)7-30-14-5-11(18(23,24)25)29-31(14)15-9(16(30)33)2-3-10(27-15)17(20,21)22/h1-6H,7H2,(H,26,28,32). The molecule has 4 aromatic heterocycles. The van der Waals surface area contributed by atoms with E-state index < -0.39 is 28.2 Å². The van der Waals surface area contributed by atoms with Crippen LogP contribution in [0.4, 0.5) is 5.82 Å². The Morgan fingerprint density at radius 1 is 1.00 bits per heavy atom. The number of anilines is 1. The van der Waals surface area contributed by atoms with Crippen LogP contribution in [0, 0.1) is 0 Å². The number of hydrogen-bond acceptors (Lipinski definition) is 5. The van der Waals surface area contributed by atoms with Gasteiger partial charge in [0.15, 0.2) is 5.65 Å². The van der Waals surface area contributed by atoms with Gasteiger partial charge in [-0.1, -0.05) is 21.8 Å². The number of rotatable bonds is 5. The monoisotopic (exact) mass is 418 g/mol. The van der Waals surface area contributed by atoms with Gasteiger partial charge in [-0.2, -0.15) is 9.61 Å². The first kappa shape index (κ1) is 23.1. The summed E-state index contributed by atoms with van der Waals surface area (Å²) in [7, 11) is 40.2. The maximum absolute atomic E-state index is 13.3. The average Bonchev–Trinajstić information content (AvgIpc) is 3.18. The van der Waals surface area contributed by atoms with Crippen molar-refractivity contribution < 1.29 is 4.79 Å². The lowest BCUT2D eigenvalue weighted by atomic mass is 9.41. The van der Waals surface area contributed by atoms with E-state index in [-0.39, 0.29) is 33.9 Å². The lowest BCUT2D eigenvalue weighted by Crippen LogP contribution is -2.31. The van der Waals surface area contributed by atoms with Crippen molar-refractivity contribution in [3.8, 4) is 0 Å². The molecule has 4 aromatic rings. The first-order valence-corrected chi connectivity index (χ1v) is 9.53. The summed E-state index contributed by atoms with van der Waals surface area (Å²) in [4.78, 5) is 34.3. The summed E-state index contributed by atoms with van der Waals surface area (Å²) < 4.78 is 2.43. The first-order valence-electron chi connectivity index (χ1n) is 9.53. The summed E-state index contributed by atoms with van der Waals surface area (Å²) in [6.45, 7) is -0.390. The van der Waals surface area contributed by atoms with E-state index in [0.717, 1.165) is 0 Å².